The van der Waals surface area contributed by atoms with E-state index in [1.807, 2.05) is 0 Å². The molecule has 0 heterocycles. The lowest BCUT2D eigenvalue weighted by atomic mass is 9.99. The number of phosphoric acid groups is 2. The predicted molar refractivity (Wildman–Crippen MR) is 395 cm³/mol. The summed E-state index contributed by atoms with van der Waals surface area (Å²) in [6, 6.07) is 0. The van der Waals surface area contributed by atoms with Crippen molar-refractivity contribution in [3.05, 3.63) is 0 Å². The third-order valence-corrected chi connectivity index (χ3v) is 20.5. The van der Waals surface area contributed by atoms with E-state index in [0.717, 1.165) is 108 Å². The van der Waals surface area contributed by atoms with Crippen molar-refractivity contribution in [1.29, 1.82) is 0 Å². The molecule has 0 aliphatic heterocycles. The van der Waals surface area contributed by atoms with Gasteiger partial charge in [-0.05, 0) is 37.5 Å². The number of rotatable bonds is 77. The number of carbonyl (C=O) groups is 4. The summed E-state index contributed by atoms with van der Waals surface area (Å²) in [5, 5.41) is 10.6. The minimum absolute atomic E-state index is 0.106. The van der Waals surface area contributed by atoms with Crippen LogP contribution in [0.1, 0.15) is 408 Å². The molecule has 0 amide bonds. The van der Waals surface area contributed by atoms with Gasteiger partial charge in [-0.2, -0.15) is 0 Å². The first-order valence-corrected chi connectivity index (χ1v) is 43.5. The lowest BCUT2D eigenvalue weighted by Crippen LogP contribution is -2.30. The van der Waals surface area contributed by atoms with Crippen molar-refractivity contribution in [1.82, 2.24) is 0 Å². The summed E-state index contributed by atoms with van der Waals surface area (Å²) >= 11 is 0. The summed E-state index contributed by atoms with van der Waals surface area (Å²) in [5.41, 5.74) is 0. The lowest BCUT2D eigenvalue weighted by molar-refractivity contribution is -0.161. The second-order valence-corrected chi connectivity index (χ2v) is 31.7. The van der Waals surface area contributed by atoms with E-state index < -0.39 is 97.5 Å². The fourth-order valence-corrected chi connectivity index (χ4v) is 13.6. The van der Waals surface area contributed by atoms with Crippen LogP contribution in [-0.2, 0) is 65.4 Å². The van der Waals surface area contributed by atoms with Gasteiger partial charge in [0.1, 0.15) is 19.3 Å². The number of carbonyl (C=O) groups excluding carboxylic acids is 4. The number of aliphatic hydroxyl groups is 1. The van der Waals surface area contributed by atoms with Crippen LogP contribution in [-0.4, -0.2) is 96.7 Å². The summed E-state index contributed by atoms with van der Waals surface area (Å²) in [6.45, 7) is 9.60. The standard InChI is InChI=1S/C78H152O17P2/c1-7-10-12-14-15-16-17-18-19-20-21-22-28-33-38-43-49-55-61-76(81)89-67-74(95-78(83)63-56-50-44-39-34-29-24-23-27-32-37-42-48-53-59-71(6)9-3)69-93-97(86,87)91-65-72(79)64-90-96(84,85)92-68-73(66-88-75(80)60-54-46-13-11-8-2)94-77(82)62-57-51-45-40-35-30-25-26-31-36-41-47-52-58-70(4)5/h70-74,79H,7-69H2,1-6H3,(H,84,85)(H,86,87)/t71?,72-,73+,74+/m0/s1. The van der Waals surface area contributed by atoms with Crippen molar-refractivity contribution in [2.75, 3.05) is 39.6 Å². The van der Waals surface area contributed by atoms with Gasteiger partial charge in [0.05, 0.1) is 26.4 Å². The quantitative estimate of drug-likeness (QED) is 0.0222. The highest BCUT2D eigenvalue weighted by atomic mass is 31.2. The summed E-state index contributed by atoms with van der Waals surface area (Å²) < 4.78 is 68.4. The van der Waals surface area contributed by atoms with Gasteiger partial charge in [-0.1, -0.05) is 356 Å². The summed E-state index contributed by atoms with van der Waals surface area (Å²) in [6.07, 6.45) is 58.6. The van der Waals surface area contributed by atoms with Gasteiger partial charge < -0.3 is 33.8 Å². The highest BCUT2D eigenvalue weighted by Gasteiger charge is 2.30. The summed E-state index contributed by atoms with van der Waals surface area (Å²) in [7, 11) is -9.91. The van der Waals surface area contributed by atoms with Crippen LogP contribution in [0.4, 0.5) is 0 Å². The van der Waals surface area contributed by atoms with E-state index in [1.54, 1.807) is 0 Å². The fourth-order valence-electron chi connectivity index (χ4n) is 12.0. The molecule has 0 aromatic heterocycles. The van der Waals surface area contributed by atoms with Gasteiger partial charge in [0, 0.05) is 25.7 Å². The largest absolute Gasteiger partial charge is 0.472 e. The molecular weight excluding hydrogens is 1270 g/mol. The number of phosphoric ester groups is 2. The molecule has 0 aliphatic carbocycles. The zero-order valence-corrected chi connectivity index (χ0v) is 65.2. The minimum Gasteiger partial charge on any atom is -0.462 e. The third kappa shape index (κ3) is 70.9. The van der Waals surface area contributed by atoms with Gasteiger partial charge in [0.2, 0.25) is 0 Å². The Bertz CT molecular complexity index is 1870. The Morgan fingerprint density at radius 2 is 0.526 bits per heavy atom. The Kier molecular flexibility index (Phi) is 68.4. The number of unbranched alkanes of at least 4 members (excludes halogenated alkanes) is 46. The first-order valence-electron chi connectivity index (χ1n) is 40.5. The number of hydrogen-bond acceptors (Lipinski definition) is 15. The molecule has 0 fully saturated rings. The van der Waals surface area contributed by atoms with Gasteiger partial charge in [0.15, 0.2) is 12.2 Å². The highest BCUT2D eigenvalue weighted by molar-refractivity contribution is 7.47. The van der Waals surface area contributed by atoms with Crippen LogP contribution < -0.4 is 0 Å². The van der Waals surface area contributed by atoms with E-state index >= 15 is 0 Å². The molecule has 0 radical (unpaired) electrons. The Hall–Kier alpha value is -1.94. The minimum atomic E-state index is -4.96. The highest BCUT2D eigenvalue weighted by Crippen LogP contribution is 2.45. The summed E-state index contributed by atoms with van der Waals surface area (Å²) in [5.74, 6) is -0.491. The van der Waals surface area contributed by atoms with E-state index in [1.165, 1.54) is 218 Å². The van der Waals surface area contributed by atoms with Crippen LogP contribution in [0, 0.1) is 11.8 Å². The molecule has 0 aromatic rings. The third-order valence-electron chi connectivity index (χ3n) is 18.6. The molecule has 0 rings (SSSR count). The number of ether oxygens (including phenoxy) is 4. The predicted octanol–water partition coefficient (Wildman–Crippen LogP) is 23.1. The second kappa shape index (κ2) is 69.8. The Morgan fingerprint density at radius 3 is 0.784 bits per heavy atom. The molecule has 3 N–H and O–H groups in total. The first-order chi connectivity index (χ1) is 46.9. The van der Waals surface area contributed by atoms with Gasteiger partial charge in [-0.25, -0.2) is 9.13 Å². The maximum Gasteiger partial charge on any atom is 0.472 e. The normalized spacial score (nSPS) is 14.2. The van der Waals surface area contributed by atoms with Crippen molar-refractivity contribution < 1.29 is 80.2 Å². The zero-order valence-electron chi connectivity index (χ0n) is 63.4. The van der Waals surface area contributed by atoms with Crippen molar-refractivity contribution >= 4 is 39.5 Å². The van der Waals surface area contributed by atoms with Gasteiger partial charge in [-0.3, -0.25) is 37.3 Å². The maximum absolute atomic E-state index is 13.1. The van der Waals surface area contributed by atoms with E-state index in [4.69, 9.17) is 37.0 Å². The van der Waals surface area contributed by atoms with Crippen LogP contribution in [0.2, 0.25) is 0 Å². The zero-order chi connectivity index (χ0) is 71.4. The van der Waals surface area contributed by atoms with E-state index in [0.29, 0.717) is 25.7 Å². The second-order valence-electron chi connectivity index (χ2n) is 28.8. The van der Waals surface area contributed by atoms with Crippen LogP contribution in [0.15, 0.2) is 0 Å². The van der Waals surface area contributed by atoms with Crippen LogP contribution in [0.3, 0.4) is 0 Å². The number of aliphatic hydroxyl groups excluding tert-OH is 1. The number of hydrogen-bond donors (Lipinski definition) is 3. The maximum atomic E-state index is 13.1. The topological polar surface area (TPSA) is 237 Å². The molecule has 0 bridgehead atoms. The van der Waals surface area contributed by atoms with Gasteiger partial charge in [-0.15, -0.1) is 0 Å². The number of esters is 4. The smallest absolute Gasteiger partial charge is 0.462 e. The van der Waals surface area contributed by atoms with Gasteiger partial charge >= 0.3 is 39.5 Å². The molecule has 0 saturated carbocycles. The monoisotopic (exact) mass is 1420 g/mol. The van der Waals surface area contributed by atoms with Gasteiger partial charge in [0.25, 0.3) is 0 Å². The van der Waals surface area contributed by atoms with Crippen molar-refractivity contribution in [2.45, 2.75) is 426 Å². The summed E-state index contributed by atoms with van der Waals surface area (Å²) in [4.78, 5) is 72.6. The lowest BCUT2D eigenvalue weighted by Gasteiger charge is -2.21. The molecule has 576 valence electrons. The van der Waals surface area contributed by atoms with Crippen LogP contribution in [0.5, 0.6) is 0 Å². The Morgan fingerprint density at radius 1 is 0.299 bits per heavy atom. The molecule has 6 atom stereocenters. The fraction of sp³-hybridized carbons (Fsp3) is 0.949. The molecule has 0 aliphatic rings. The Labute approximate surface area is 594 Å². The first kappa shape index (κ1) is 95.1. The molecule has 17 nitrogen and oxygen atoms in total. The average molecular weight is 1420 g/mol. The molecule has 3 unspecified atom stereocenters. The molecular formula is C78H152O17P2. The molecule has 0 saturated heterocycles. The van der Waals surface area contributed by atoms with Crippen molar-refractivity contribution in [2.24, 2.45) is 11.8 Å². The SMILES string of the molecule is CCCCCCCCCCCCCCCCCCCCC(=O)OC[C@H](COP(=O)(O)OC[C@@H](O)COP(=O)(O)OC[C@@H](COC(=O)CCCCCCC)OC(=O)CCCCCCCCCCCCCCCC(C)C)OC(=O)CCCCCCCCCCCCCCCCC(C)CC. The Balaban J connectivity index is 5.14. The van der Waals surface area contributed by atoms with Crippen molar-refractivity contribution in [3.8, 4) is 0 Å². The molecule has 97 heavy (non-hydrogen) atoms. The van der Waals surface area contributed by atoms with E-state index in [-0.39, 0.29) is 25.7 Å². The van der Waals surface area contributed by atoms with E-state index in [2.05, 4.69) is 41.5 Å². The molecule has 0 spiro atoms. The average Bonchev–Trinajstić information content (AvgIpc) is 1.48. The van der Waals surface area contributed by atoms with Crippen LogP contribution >= 0.6 is 15.6 Å². The molecule has 19 heteroatoms. The molecule has 0 aromatic carbocycles. The van der Waals surface area contributed by atoms with Crippen molar-refractivity contribution in [3.63, 3.8) is 0 Å². The van der Waals surface area contributed by atoms with Crippen LogP contribution in [0.25, 0.3) is 0 Å². The van der Waals surface area contributed by atoms with E-state index in [9.17, 15) is 43.2 Å².